The van der Waals surface area contributed by atoms with Gasteiger partial charge in [-0.3, -0.25) is 19.5 Å². The highest BCUT2D eigenvalue weighted by atomic mass is 32.2. The first-order chi connectivity index (χ1) is 14.9. The van der Waals surface area contributed by atoms with E-state index < -0.39 is 4.92 Å². The molecule has 10 heteroatoms. The lowest BCUT2D eigenvalue weighted by atomic mass is 10.1. The lowest BCUT2D eigenvalue weighted by molar-refractivity contribution is -0.385. The van der Waals surface area contributed by atoms with Crippen molar-refractivity contribution in [1.29, 1.82) is 0 Å². The molecule has 0 atom stereocenters. The van der Waals surface area contributed by atoms with E-state index in [2.05, 4.69) is 6.92 Å². The van der Waals surface area contributed by atoms with Gasteiger partial charge < -0.3 is 9.47 Å². The number of aromatic nitrogens is 2. The molecule has 0 unspecified atom stereocenters. The van der Waals surface area contributed by atoms with Gasteiger partial charge >= 0.3 is 0 Å². The maximum atomic E-state index is 13.3. The standard InChI is InChI=1S/C21H23N3O5S2/c1-4-5-6-23-20(25)17-12(2)13(3)31-19(17)22-21(23)30-10-15-8-16(24(26)27)7-14-9-28-11-29-18(14)15/h7-8H,4-6,9-11H2,1-3H3. The summed E-state index contributed by atoms with van der Waals surface area (Å²) < 4.78 is 12.7. The Hall–Kier alpha value is -2.43. The van der Waals surface area contributed by atoms with E-state index in [0.717, 1.165) is 28.1 Å². The molecule has 0 aliphatic carbocycles. The van der Waals surface area contributed by atoms with Crippen LogP contribution in [0.25, 0.3) is 10.2 Å². The van der Waals surface area contributed by atoms with Gasteiger partial charge in [-0.1, -0.05) is 25.1 Å². The van der Waals surface area contributed by atoms with Crippen LogP contribution in [0, 0.1) is 24.0 Å². The molecule has 31 heavy (non-hydrogen) atoms. The number of thiophene rings is 1. The van der Waals surface area contributed by atoms with Gasteiger partial charge in [0.25, 0.3) is 11.2 Å². The molecule has 1 aliphatic heterocycles. The van der Waals surface area contributed by atoms with Crippen molar-refractivity contribution < 1.29 is 14.4 Å². The molecule has 8 nitrogen and oxygen atoms in total. The second-order valence-electron chi connectivity index (χ2n) is 7.42. The highest BCUT2D eigenvalue weighted by molar-refractivity contribution is 7.98. The van der Waals surface area contributed by atoms with Crippen LogP contribution in [0.4, 0.5) is 5.69 Å². The fourth-order valence-corrected chi connectivity index (χ4v) is 5.63. The summed E-state index contributed by atoms with van der Waals surface area (Å²) in [6, 6.07) is 3.02. The van der Waals surface area contributed by atoms with Gasteiger partial charge in [-0.25, -0.2) is 4.98 Å². The lowest BCUT2D eigenvalue weighted by Gasteiger charge is -2.20. The van der Waals surface area contributed by atoms with Gasteiger partial charge in [0.15, 0.2) is 11.9 Å². The van der Waals surface area contributed by atoms with Crippen LogP contribution in [-0.2, 0) is 23.6 Å². The fourth-order valence-electron chi connectivity index (χ4n) is 3.57. The predicted octanol–water partition coefficient (Wildman–Crippen LogP) is 4.94. The number of non-ortho nitro benzene ring substituents is 1. The Morgan fingerprint density at radius 2 is 2.16 bits per heavy atom. The number of hydrogen-bond acceptors (Lipinski definition) is 8. The number of nitro benzene ring substituents is 1. The third-order valence-corrected chi connectivity index (χ3v) is 7.45. The van der Waals surface area contributed by atoms with Crippen LogP contribution in [0.1, 0.15) is 41.3 Å². The first-order valence-corrected chi connectivity index (χ1v) is 11.8. The van der Waals surface area contributed by atoms with Crippen LogP contribution in [0.5, 0.6) is 5.75 Å². The second kappa shape index (κ2) is 8.97. The van der Waals surface area contributed by atoms with Crippen LogP contribution in [0.15, 0.2) is 22.1 Å². The zero-order chi connectivity index (χ0) is 22.1. The molecule has 164 valence electrons. The molecule has 2 aromatic heterocycles. The van der Waals surface area contributed by atoms with Crippen LogP contribution >= 0.6 is 23.1 Å². The minimum absolute atomic E-state index is 0.000240. The average molecular weight is 462 g/mol. The lowest BCUT2D eigenvalue weighted by Crippen LogP contribution is -2.23. The van der Waals surface area contributed by atoms with Crippen LogP contribution < -0.4 is 10.3 Å². The highest BCUT2D eigenvalue weighted by Gasteiger charge is 2.22. The van der Waals surface area contributed by atoms with E-state index in [4.69, 9.17) is 14.5 Å². The Morgan fingerprint density at radius 1 is 1.35 bits per heavy atom. The first kappa shape index (κ1) is 21.8. The Balaban J connectivity index is 1.74. The molecule has 0 saturated heterocycles. The Kier molecular flexibility index (Phi) is 6.31. The molecule has 1 aromatic carbocycles. The molecule has 4 rings (SSSR count). The Bertz CT molecular complexity index is 1220. The molecule has 3 aromatic rings. The Morgan fingerprint density at radius 3 is 2.90 bits per heavy atom. The smallest absolute Gasteiger partial charge is 0.270 e. The molecule has 0 N–H and O–H groups in total. The number of ether oxygens (including phenoxy) is 2. The second-order valence-corrected chi connectivity index (χ2v) is 9.56. The van der Waals surface area contributed by atoms with Crippen LogP contribution in [0.2, 0.25) is 0 Å². The summed E-state index contributed by atoms with van der Waals surface area (Å²) in [5, 5.41) is 12.7. The van der Waals surface area contributed by atoms with E-state index in [0.29, 0.717) is 39.7 Å². The van der Waals surface area contributed by atoms with Crippen molar-refractivity contribution in [3.8, 4) is 5.75 Å². The van der Waals surface area contributed by atoms with Gasteiger partial charge in [0.1, 0.15) is 10.6 Å². The Labute approximate surface area is 187 Å². The summed E-state index contributed by atoms with van der Waals surface area (Å²) in [5.41, 5.74) is 2.33. The molecule has 1 aliphatic rings. The maximum absolute atomic E-state index is 13.3. The molecule has 0 fully saturated rings. The number of thioether (sulfide) groups is 1. The number of aryl methyl sites for hydroxylation is 2. The highest BCUT2D eigenvalue weighted by Crippen LogP contribution is 2.36. The zero-order valence-corrected chi connectivity index (χ0v) is 19.2. The number of benzene rings is 1. The molecule has 3 heterocycles. The van der Waals surface area contributed by atoms with Crippen LogP contribution in [0.3, 0.4) is 0 Å². The van der Waals surface area contributed by atoms with E-state index in [-0.39, 0.29) is 24.6 Å². The molecule has 0 radical (unpaired) electrons. The van der Waals surface area contributed by atoms with Gasteiger partial charge in [0, 0.05) is 40.4 Å². The minimum atomic E-state index is -0.415. The third-order valence-electron chi connectivity index (χ3n) is 5.33. The van der Waals surface area contributed by atoms with Crippen molar-refractivity contribution in [1.82, 2.24) is 9.55 Å². The zero-order valence-electron chi connectivity index (χ0n) is 17.6. The normalized spacial score (nSPS) is 13.3. The van der Waals surface area contributed by atoms with Crippen molar-refractivity contribution >= 4 is 39.0 Å². The summed E-state index contributed by atoms with van der Waals surface area (Å²) >= 11 is 2.93. The van der Waals surface area contributed by atoms with Crippen molar-refractivity contribution in [2.45, 2.75) is 57.7 Å². The maximum Gasteiger partial charge on any atom is 0.270 e. The summed E-state index contributed by atoms with van der Waals surface area (Å²) in [4.78, 5) is 30.8. The van der Waals surface area contributed by atoms with Crippen LogP contribution in [-0.4, -0.2) is 21.3 Å². The van der Waals surface area contributed by atoms with E-state index in [1.54, 1.807) is 4.57 Å². The van der Waals surface area contributed by atoms with Crippen molar-refractivity contribution in [2.24, 2.45) is 0 Å². The summed E-state index contributed by atoms with van der Waals surface area (Å²) in [6.07, 6.45) is 1.83. The van der Waals surface area contributed by atoms with Gasteiger partial charge in [0.05, 0.1) is 16.9 Å². The summed E-state index contributed by atoms with van der Waals surface area (Å²) in [5.74, 6) is 1.02. The molecule has 0 bridgehead atoms. The van der Waals surface area contributed by atoms with Gasteiger partial charge in [-0.15, -0.1) is 11.3 Å². The number of unbranched alkanes of at least 4 members (excludes halogenated alkanes) is 1. The monoisotopic (exact) mass is 461 g/mol. The number of nitrogens with zero attached hydrogens (tertiary/aromatic N) is 3. The van der Waals surface area contributed by atoms with E-state index >= 15 is 0 Å². The average Bonchev–Trinajstić information content (AvgIpc) is 3.04. The first-order valence-electron chi connectivity index (χ1n) is 10.0. The largest absolute Gasteiger partial charge is 0.467 e. The van der Waals surface area contributed by atoms with Gasteiger partial charge in [-0.05, 0) is 25.8 Å². The van der Waals surface area contributed by atoms with E-state index in [9.17, 15) is 14.9 Å². The van der Waals surface area contributed by atoms with Gasteiger partial charge in [0.2, 0.25) is 0 Å². The van der Waals surface area contributed by atoms with Crippen molar-refractivity contribution in [2.75, 3.05) is 6.79 Å². The van der Waals surface area contributed by atoms with E-state index in [1.807, 2.05) is 13.8 Å². The minimum Gasteiger partial charge on any atom is -0.467 e. The molecular weight excluding hydrogens is 438 g/mol. The number of rotatable bonds is 7. The summed E-state index contributed by atoms with van der Waals surface area (Å²) in [6.45, 7) is 7.02. The number of nitro groups is 1. The molecular formula is C21H23N3O5S2. The molecule has 0 spiro atoms. The fraction of sp³-hybridized carbons (Fsp3) is 0.429. The number of fused-ring (bicyclic) bond motifs is 2. The van der Waals surface area contributed by atoms with Gasteiger partial charge in [-0.2, -0.15) is 0 Å². The predicted molar refractivity (Wildman–Crippen MR) is 121 cm³/mol. The molecule has 0 saturated carbocycles. The summed E-state index contributed by atoms with van der Waals surface area (Å²) in [7, 11) is 0. The van der Waals surface area contributed by atoms with E-state index in [1.165, 1.54) is 35.2 Å². The SMILES string of the molecule is CCCCn1c(SCc2cc([N+](=O)[O-])cc3c2OCOC3)nc2sc(C)c(C)c2c1=O. The third kappa shape index (κ3) is 4.19. The van der Waals surface area contributed by atoms with Crippen molar-refractivity contribution in [3.05, 3.63) is 54.2 Å². The number of hydrogen-bond donors (Lipinski definition) is 0. The molecule has 0 amide bonds. The topological polar surface area (TPSA) is 96.5 Å². The van der Waals surface area contributed by atoms with Crippen molar-refractivity contribution in [3.63, 3.8) is 0 Å². The quantitative estimate of drug-likeness (QED) is 0.213.